The predicted octanol–water partition coefficient (Wildman–Crippen LogP) is 4.06. The maximum atomic E-state index is 4.36. The largest absolute Gasteiger partial charge is 0.382 e. The Bertz CT molecular complexity index is 710. The molecule has 0 saturated carbocycles. The molecule has 3 nitrogen and oxygen atoms in total. The number of benzene rings is 2. The summed E-state index contributed by atoms with van der Waals surface area (Å²) >= 11 is 0. The van der Waals surface area contributed by atoms with Crippen molar-refractivity contribution in [1.82, 2.24) is 9.97 Å². The first-order valence-electron chi connectivity index (χ1n) is 7.36. The number of nitrogens with zero attached hydrogens (tertiary/aromatic N) is 2. The highest BCUT2D eigenvalue weighted by molar-refractivity contribution is 5.78. The number of hydrogen-bond acceptors (Lipinski definition) is 3. The second-order valence-electron chi connectivity index (χ2n) is 5.20. The van der Waals surface area contributed by atoms with Gasteiger partial charge in [0, 0.05) is 24.1 Å². The molecule has 0 saturated heterocycles. The molecule has 1 aromatic heterocycles. The van der Waals surface area contributed by atoms with Crippen molar-refractivity contribution < 1.29 is 0 Å². The zero-order chi connectivity index (χ0) is 14.5. The lowest BCUT2D eigenvalue weighted by Crippen LogP contribution is -2.21. The van der Waals surface area contributed by atoms with Gasteiger partial charge in [0.1, 0.15) is 0 Å². The van der Waals surface area contributed by atoms with Gasteiger partial charge < -0.3 is 5.32 Å². The van der Waals surface area contributed by atoms with E-state index in [1.807, 2.05) is 6.07 Å². The summed E-state index contributed by atoms with van der Waals surface area (Å²) in [6.07, 6.45) is 5.55. The monoisotopic (exact) mass is 277 g/mol. The smallest absolute Gasteiger partial charge is 0.0907 e. The standard InChI is InChI=1S/C18H19N3/c1-2-15(12-14-6-4-3-5-7-14)21-16-8-9-17-18(13-16)20-11-10-19-17/h3-11,13,15,21H,2,12H2,1H3. The summed E-state index contributed by atoms with van der Waals surface area (Å²) in [7, 11) is 0. The number of fused-ring (bicyclic) bond motifs is 1. The van der Waals surface area contributed by atoms with E-state index in [4.69, 9.17) is 0 Å². The Morgan fingerprint density at radius 2 is 1.71 bits per heavy atom. The lowest BCUT2D eigenvalue weighted by atomic mass is 10.0. The third-order valence-electron chi connectivity index (χ3n) is 3.66. The second-order valence-corrected chi connectivity index (χ2v) is 5.20. The van der Waals surface area contributed by atoms with Gasteiger partial charge in [0.05, 0.1) is 11.0 Å². The van der Waals surface area contributed by atoms with E-state index in [2.05, 4.69) is 64.7 Å². The van der Waals surface area contributed by atoms with Crippen LogP contribution in [0.2, 0.25) is 0 Å². The minimum atomic E-state index is 0.418. The fraction of sp³-hybridized carbons (Fsp3) is 0.222. The zero-order valence-corrected chi connectivity index (χ0v) is 12.2. The molecule has 21 heavy (non-hydrogen) atoms. The normalized spacial score (nSPS) is 12.2. The number of anilines is 1. The summed E-state index contributed by atoms with van der Waals surface area (Å²) < 4.78 is 0. The van der Waals surface area contributed by atoms with Gasteiger partial charge in [-0.25, -0.2) is 0 Å². The summed E-state index contributed by atoms with van der Waals surface area (Å²) in [6.45, 7) is 2.21. The van der Waals surface area contributed by atoms with Crippen molar-refractivity contribution >= 4 is 16.7 Å². The minimum absolute atomic E-state index is 0.418. The summed E-state index contributed by atoms with van der Waals surface area (Å²) in [5.41, 5.74) is 4.32. The van der Waals surface area contributed by atoms with E-state index in [9.17, 15) is 0 Å². The Labute approximate surface area is 125 Å². The third kappa shape index (κ3) is 3.37. The highest BCUT2D eigenvalue weighted by atomic mass is 14.9. The maximum absolute atomic E-state index is 4.36. The minimum Gasteiger partial charge on any atom is -0.382 e. The predicted molar refractivity (Wildman–Crippen MR) is 87.4 cm³/mol. The van der Waals surface area contributed by atoms with Gasteiger partial charge >= 0.3 is 0 Å². The van der Waals surface area contributed by atoms with Crippen LogP contribution < -0.4 is 5.32 Å². The van der Waals surface area contributed by atoms with Gasteiger partial charge in [-0.2, -0.15) is 0 Å². The molecule has 0 radical (unpaired) electrons. The van der Waals surface area contributed by atoms with Crippen molar-refractivity contribution in [3.63, 3.8) is 0 Å². The first-order chi connectivity index (χ1) is 10.3. The lowest BCUT2D eigenvalue weighted by molar-refractivity contribution is 0.690. The topological polar surface area (TPSA) is 37.8 Å². The van der Waals surface area contributed by atoms with Gasteiger partial charge in [-0.1, -0.05) is 37.3 Å². The van der Waals surface area contributed by atoms with E-state index < -0.39 is 0 Å². The van der Waals surface area contributed by atoms with E-state index in [1.165, 1.54) is 5.56 Å². The van der Waals surface area contributed by atoms with Crippen LogP contribution in [0.15, 0.2) is 60.9 Å². The van der Waals surface area contributed by atoms with Crippen LogP contribution in [0.3, 0.4) is 0 Å². The highest BCUT2D eigenvalue weighted by Crippen LogP contribution is 2.18. The molecule has 0 aliphatic carbocycles. The molecule has 3 heteroatoms. The van der Waals surface area contributed by atoms with Gasteiger partial charge in [-0.15, -0.1) is 0 Å². The van der Waals surface area contributed by atoms with Crippen LogP contribution in [0.4, 0.5) is 5.69 Å². The summed E-state index contributed by atoms with van der Waals surface area (Å²) in [5.74, 6) is 0. The average Bonchev–Trinajstić information content (AvgIpc) is 2.55. The van der Waals surface area contributed by atoms with Crippen LogP contribution in [-0.4, -0.2) is 16.0 Å². The molecule has 0 aliphatic rings. The van der Waals surface area contributed by atoms with E-state index >= 15 is 0 Å². The molecule has 1 unspecified atom stereocenters. The molecule has 0 aliphatic heterocycles. The Kier molecular flexibility index (Phi) is 4.10. The van der Waals surface area contributed by atoms with Crippen molar-refractivity contribution in [2.24, 2.45) is 0 Å². The number of hydrogen-bond donors (Lipinski definition) is 1. The fourth-order valence-electron chi connectivity index (χ4n) is 2.48. The van der Waals surface area contributed by atoms with Crippen molar-refractivity contribution in [3.05, 3.63) is 66.5 Å². The number of nitrogens with one attached hydrogen (secondary N) is 1. The van der Waals surface area contributed by atoms with Crippen molar-refractivity contribution in [2.75, 3.05) is 5.32 Å². The van der Waals surface area contributed by atoms with Crippen LogP contribution in [0, 0.1) is 0 Å². The Hall–Kier alpha value is -2.42. The van der Waals surface area contributed by atoms with Crippen LogP contribution in [0.1, 0.15) is 18.9 Å². The fourth-order valence-corrected chi connectivity index (χ4v) is 2.48. The highest BCUT2D eigenvalue weighted by Gasteiger charge is 2.08. The zero-order valence-electron chi connectivity index (χ0n) is 12.2. The van der Waals surface area contributed by atoms with E-state index in [0.29, 0.717) is 6.04 Å². The molecular formula is C18H19N3. The van der Waals surface area contributed by atoms with Gasteiger partial charge in [-0.3, -0.25) is 9.97 Å². The first-order valence-corrected chi connectivity index (χ1v) is 7.36. The van der Waals surface area contributed by atoms with Crippen molar-refractivity contribution in [1.29, 1.82) is 0 Å². The molecule has 1 N–H and O–H groups in total. The first kappa shape index (κ1) is 13.6. The summed E-state index contributed by atoms with van der Waals surface area (Å²) in [5, 5.41) is 3.60. The number of aromatic nitrogens is 2. The van der Waals surface area contributed by atoms with Crippen molar-refractivity contribution in [2.45, 2.75) is 25.8 Å². The summed E-state index contributed by atoms with van der Waals surface area (Å²) in [6, 6.07) is 17.2. The molecule has 1 atom stereocenters. The molecular weight excluding hydrogens is 258 g/mol. The van der Waals surface area contributed by atoms with E-state index in [0.717, 1.165) is 29.6 Å². The molecule has 3 rings (SSSR count). The molecule has 2 aromatic carbocycles. The lowest BCUT2D eigenvalue weighted by Gasteiger charge is -2.18. The van der Waals surface area contributed by atoms with Gasteiger partial charge in [0.15, 0.2) is 0 Å². The molecule has 0 fully saturated rings. The van der Waals surface area contributed by atoms with Crippen molar-refractivity contribution in [3.8, 4) is 0 Å². The van der Waals surface area contributed by atoms with Crippen LogP contribution >= 0.6 is 0 Å². The molecule has 3 aromatic rings. The molecule has 0 spiro atoms. The number of rotatable bonds is 5. The average molecular weight is 277 g/mol. The molecule has 0 amide bonds. The van der Waals surface area contributed by atoms with Crippen LogP contribution in [0.5, 0.6) is 0 Å². The summed E-state index contributed by atoms with van der Waals surface area (Å²) in [4.78, 5) is 8.66. The van der Waals surface area contributed by atoms with E-state index in [-0.39, 0.29) is 0 Å². The Morgan fingerprint density at radius 1 is 0.952 bits per heavy atom. The second kappa shape index (κ2) is 6.35. The maximum Gasteiger partial charge on any atom is 0.0907 e. The Morgan fingerprint density at radius 3 is 2.48 bits per heavy atom. The van der Waals surface area contributed by atoms with Gasteiger partial charge in [0.2, 0.25) is 0 Å². The molecule has 1 heterocycles. The van der Waals surface area contributed by atoms with Gasteiger partial charge in [-0.05, 0) is 36.6 Å². The third-order valence-corrected chi connectivity index (χ3v) is 3.66. The SMILES string of the molecule is CCC(Cc1ccccc1)Nc1ccc2nccnc2c1. The van der Waals surface area contributed by atoms with Crippen LogP contribution in [0.25, 0.3) is 11.0 Å². The quantitative estimate of drug-likeness (QED) is 0.764. The van der Waals surface area contributed by atoms with Gasteiger partial charge in [0.25, 0.3) is 0 Å². The molecule has 0 bridgehead atoms. The van der Waals surface area contributed by atoms with E-state index in [1.54, 1.807) is 12.4 Å². The Balaban J connectivity index is 1.76. The van der Waals surface area contributed by atoms with Crippen LogP contribution in [-0.2, 0) is 6.42 Å². The molecule has 106 valence electrons.